The fraction of sp³-hybridized carbons (Fsp3) is 0.462. The molecule has 0 aromatic heterocycles. The highest BCUT2D eigenvalue weighted by Crippen LogP contribution is 2.28. The normalized spacial score (nSPS) is 11.5. The van der Waals surface area contributed by atoms with Crippen molar-refractivity contribution in [2.24, 2.45) is 0 Å². The lowest BCUT2D eigenvalue weighted by atomic mass is 9.77. The van der Waals surface area contributed by atoms with Crippen LogP contribution in [-0.4, -0.2) is 5.78 Å². The molecule has 1 rings (SSSR count). The Hall–Kier alpha value is -1.18. The first-order valence-electron chi connectivity index (χ1n) is 5.19. The van der Waals surface area contributed by atoms with Gasteiger partial charge in [-0.2, -0.15) is 0 Å². The SMILES string of the molecule is CCC(=O)C(C)(C)c1cc(F)ccc1C. The van der Waals surface area contributed by atoms with Gasteiger partial charge in [0.05, 0.1) is 0 Å². The van der Waals surface area contributed by atoms with Crippen LogP contribution in [0.3, 0.4) is 0 Å². The van der Waals surface area contributed by atoms with E-state index in [1.807, 2.05) is 27.7 Å². The highest BCUT2D eigenvalue weighted by molar-refractivity contribution is 5.89. The molecule has 0 heterocycles. The lowest BCUT2D eigenvalue weighted by molar-refractivity contribution is -0.123. The molecule has 1 aromatic rings. The predicted octanol–water partition coefficient (Wildman–Crippen LogP) is 3.39. The maximum Gasteiger partial charge on any atom is 0.142 e. The van der Waals surface area contributed by atoms with Crippen molar-refractivity contribution in [1.82, 2.24) is 0 Å². The monoisotopic (exact) mass is 208 g/mol. The first-order chi connectivity index (χ1) is 6.89. The zero-order valence-electron chi connectivity index (χ0n) is 9.73. The van der Waals surface area contributed by atoms with E-state index >= 15 is 0 Å². The molecule has 0 spiro atoms. The molecule has 0 N–H and O–H groups in total. The smallest absolute Gasteiger partial charge is 0.142 e. The zero-order chi connectivity index (χ0) is 11.6. The molecule has 0 saturated carbocycles. The van der Waals surface area contributed by atoms with Gasteiger partial charge in [0.15, 0.2) is 0 Å². The van der Waals surface area contributed by atoms with Crippen LogP contribution in [-0.2, 0) is 10.2 Å². The topological polar surface area (TPSA) is 17.1 Å². The minimum absolute atomic E-state index is 0.135. The van der Waals surface area contributed by atoms with Crippen molar-refractivity contribution in [3.8, 4) is 0 Å². The van der Waals surface area contributed by atoms with Crippen molar-refractivity contribution in [3.63, 3.8) is 0 Å². The van der Waals surface area contributed by atoms with Gasteiger partial charge in [0, 0.05) is 11.8 Å². The number of hydrogen-bond donors (Lipinski definition) is 0. The lowest BCUT2D eigenvalue weighted by Crippen LogP contribution is -2.29. The third-order valence-corrected chi connectivity index (χ3v) is 2.89. The Balaban J connectivity index is 3.25. The van der Waals surface area contributed by atoms with Gasteiger partial charge in [-0.15, -0.1) is 0 Å². The van der Waals surface area contributed by atoms with E-state index in [1.54, 1.807) is 6.07 Å². The molecule has 0 bridgehead atoms. The van der Waals surface area contributed by atoms with Gasteiger partial charge in [0.2, 0.25) is 0 Å². The molecule has 0 fully saturated rings. The van der Waals surface area contributed by atoms with Crippen LogP contribution in [0.5, 0.6) is 0 Å². The van der Waals surface area contributed by atoms with Crippen LogP contribution in [0.1, 0.15) is 38.3 Å². The molecule has 1 nitrogen and oxygen atoms in total. The summed E-state index contributed by atoms with van der Waals surface area (Å²) in [6.45, 7) is 7.43. The summed E-state index contributed by atoms with van der Waals surface area (Å²) in [6.07, 6.45) is 0.475. The van der Waals surface area contributed by atoms with Gasteiger partial charge in [-0.3, -0.25) is 4.79 Å². The molecule has 15 heavy (non-hydrogen) atoms. The summed E-state index contributed by atoms with van der Waals surface area (Å²) >= 11 is 0. The Morgan fingerprint density at radius 3 is 2.53 bits per heavy atom. The molecule has 0 saturated heterocycles. The number of carbonyl (C=O) groups excluding carboxylic acids is 1. The molecule has 0 unspecified atom stereocenters. The minimum atomic E-state index is -0.596. The molecule has 2 heteroatoms. The average molecular weight is 208 g/mol. The number of ketones is 1. The Bertz CT molecular complexity index is 380. The molecular weight excluding hydrogens is 191 g/mol. The number of carbonyl (C=O) groups is 1. The van der Waals surface area contributed by atoms with Crippen LogP contribution in [0, 0.1) is 12.7 Å². The molecular formula is C13H17FO. The molecule has 0 aliphatic rings. The standard InChI is InChI=1S/C13H17FO/c1-5-12(15)13(3,4)11-8-10(14)7-6-9(11)2/h6-8H,5H2,1-4H3. The van der Waals surface area contributed by atoms with E-state index in [0.717, 1.165) is 11.1 Å². The highest BCUT2D eigenvalue weighted by Gasteiger charge is 2.29. The van der Waals surface area contributed by atoms with E-state index < -0.39 is 5.41 Å². The van der Waals surface area contributed by atoms with E-state index in [4.69, 9.17) is 0 Å². The molecule has 0 atom stereocenters. The Kier molecular flexibility index (Phi) is 3.28. The van der Waals surface area contributed by atoms with Gasteiger partial charge in [-0.05, 0) is 44.0 Å². The molecule has 0 aliphatic carbocycles. The number of aryl methyl sites for hydroxylation is 1. The number of Topliss-reactive ketones (excluding diaryl/α,β-unsaturated/α-hetero) is 1. The van der Waals surface area contributed by atoms with Crippen molar-refractivity contribution < 1.29 is 9.18 Å². The third-order valence-electron chi connectivity index (χ3n) is 2.89. The van der Waals surface area contributed by atoms with Gasteiger partial charge >= 0.3 is 0 Å². The van der Waals surface area contributed by atoms with Crippen LogP contribution in [0.15, 0.2) is 18.2 Å². The summed E-state index contributed by atoms with van der Waals surface area (Å²) in [5, 5.41) is 0. The van der Waals surface area contributed by atoms with Crippen LogP contribution < -0.4 is 0 Å². The van der Waals surface area contributed by atoms with Crippen molar-refractivity contribution in [2.45, 2.75) is 39.5 Å². The van der Waals surface area contributed by atoms with Gasteiger partial charge in [-0.1, -0.05) is 13.0 Å². The van der Waals surface area contributed by atoms with Gasteiger partial charge in [0.1, 0.15) is 11.6 Å². The summed E-state index contributed by atoms with van der Waals surface area (Å²) in [7, 11) is 0. The van der Waals surface area contributed by atoms with Gasteiger partial charge < -0.3 is 0 Å². The number of rotatable bonds is 3. The number of benzene rings is 1. The Morgan fingerprint density at radius 2 is 2.00 bits per heavy atom. The van der Waals surface area contributed by atoms with Gasteiger partial charge in [0.25, 0.3) is 0 Å². The summed E-state index contributed by atoms with van der Waals surface area (Å²) in [4.78, 5) is 11.8. The van der Waals surface area contributed by atoms with E-state index in [2.05, 4.69) is 0 Å². The fourth-order valence-corrected chi connectivity index (χ4v) is 1.86. The number of hydrogen-bond acceptors (Lipinski definition) is 1. The van der Waals surface area contributed by atoms with Crippen LogP contribution in [0.25, 0.3) is 0 Å². The van der Waals surface area contributed by atoms with Crippen molar-refractivity contribution in [3.05, 3.63) is 35.1 Å². The molecule has 82 valence electrons. The first kappa shape index (κ1) is 11.9. The van der Waals surface area contributed by atoms with E-state index in [-0.39, 0.29) is 11.6 Å². The summed E-state index contributed by atoms with van der Waals surface area (Å²) in [6, 6.07) is 4.60. The van der Waals surface area contributed by atoms with Crippen LogP contribution in [0.2, 0.25) is 0 Å². The second-order valence-corrected chi connectivity index (χ2v) is 4.36. The fourth-order valence-electron chi connectivity index (χ4n) is 1.86. The molecule has 0 aliphatic heterocycles. The quantitative estimate of drug-likeness (QED) is 0.744. The van der Waals surface area contributed by atoms with Crippen molar-refractivity contribution in [2.75, 3.05) is 0 Å². The summed E-state index contributed by atoms with van der Waals surface area (Å²) in [5.41, 5.74) is 1.15. The van der Waals surface area contributed by atoms with Gasteiger partial charge in [-0.25, -0.2) is 4.39 Å². The first-order valence-corrected chi connectivity index (χ1v) is 5.19. The second-order valence-electron chi connectivity index (χ2n) is 4.36. The Labute approximate surface area is 90.3 Å². The van der Waals surface area contributed by atoms with Crippen LogP contribution >= 0.6 is 0 Å². The average Bonchev–Trinajstić information content (AvgIpc) is 2.20. The van der Waals surface area contributed by atoms with Crippen LogP contribution in [0.4, 0.5) is 4.39 Å². The van der Waals surface area contributed by atoms with Crippen molar-refractivity contribution >= 4 is 5.78 Å². The molecule has 1 aromatic carbocycles. The maximum atomic E-state index is 13.1. The largest absolute Gasteiger partial charge is 0.299 e. The third kappa shape index (κ3) is 2.25. The second kappa shape index (κ2) is 4.13. The molecule has 0 amide bonds. The lowest BCUT2D eigenvalue weighted by Gasteiger charge is -2.25. The van der Waals surface area contributed by atoms with E-state index in [0.29, 0.717) is 6.42 Å². The van der Waals surface area contributed by atoms with E-state index in [1.165, 1.54) is 12.1 Å². The maximum absolute atomic E-state index is 13.1. The molecule has 0 radical (unpaired) electrons. The zero-order valence-corrected chi connectivity index (χ0v) is 9.73. The highest BCUT2D eigenvalue weighted by atomic mass is 19.1. The Morgan fingerprint density at radius 1 is 1.40 bits per heavy atom. The number of halogens is 1. The minimum Gasteiger partial charge on any atom is -0.299 e. The predicted molar refractivity (Wildman–Crippen MR) is 59.5 cm³/mol. The van der Waals surface area contributed by atoms with Crippen molar-refractivity contribution in [1.29, 1.82) is 0 Å². The van der Waals surface area contributed by atoms with E-state index in [9.17, 15) is 9.18 Å². The summed E-state index contributed by atoms with van der Waals surface area (Å²) in [5.74, 6) is -0.149. The summed E-state index contributed by atoms with van der Waals surface area (Å²) < 4.78 is 13.1.